The van der Waals surface area contributed by atoms with Gasteiger partial charge < -0.3 is 15.4 Å². The lowest BCUT2D eigenvalue weighted by Crippen LogP contribution is -2.48. The lowest BCUT2D eigenvalue weighted by molar-refractivity contribution is -0.133. The van der Waals surface area contributed by atoms with E-state index in [4.69, 9.17) is 10.5 Å². The van der Waals surface area contributed by atoms with Gasteiger partial charge in [-0.3, -0.25) is 4.79 Å². The van der Waals surface area contributed by atoms with Gasteiger partial charge >= 0.3 is 0 Å². The van der Waals surface area contributed by atoms with Crippen LogP contribution < -0.4 is 5.73 Å². The molecule has 1 saturated carbocycles. The fourth-order valence-electron chi connectivity index (χ4n) is 3.20. The fourth-order valence-corrected chi connectivity index (χ4v) is 3.20. The number of nitrogens with zero attached hydrogens (tertiary/aromatic N) is 1. The van der Waals surface area contributed by atoms with E-state index in [-0.39, 0.29) is 11.9 Å². The molecule has 1 aliphatic carbocycles. The van der Waals surface area contributed by atoms with Gasteiger partial charge in [-0.1, -0.05) is 12.8 Å². The molecule has 0 spiro atoms. The molecular weight excluding hydrogens is 228 g/mol. The lowest BCUT2D eigenvalue weighted by Gasteiger charge is -2.30. The summed E-state index contributed by atoms with van der Waals surface area (Å²) in [5.41, 5.74) is 6.12. The average Bonchev–Trinajstić information content (AvgIpc) is 2.91. The molecule has 0 aromatic heterocycles. The number of ether oxygens (including phenoxy) is 1. The Morgan fingerprint density at radius 3 is 2.50 bits per heavy atom. The van der Waals surface area contributed by atoms with E-state index < -0.39 is 0 Å². The predicted molar refractivity (Wildman–Crippen MR) is 71.1 cm³/mol. The Hall–Kier alpha value is -0.610. The summed E-state index contributed by atoms with van der Waals surface area (Å²) < 4.78 is 5.32. The summed E-state index contributed by atoms with van der Waals surface area (Å²) in [5.74, 6) is 1.12. The minimum Gasteiger partial charge on any atom is -0.381 e. The summed E-state index contributed by atoms with van der Waals surface area (Å²) in [4.78, 5) is 14.1. The maximum absolute atomic E-state index is 12.3. The van der Waals surface area contributed by atoms with Gasteiger partial charge in [0.1, 0.15) is 0 Å². The van der Waals surface area contributed by atoms with Gasteiger partial charge in [-0.05, 0) is 37.5 Å². The minimum absolute atomic E-state index is 0.119. The average molecular weight is 254 g/mol. The van der Waals surface area contributed by atoms with Crippen molar-refractivity contribution in [2.24, 2.45) is 17.6 Å². The Morgan fingerprint density at radius 1 is 1.28 bits per heavy atom. The summed E-state index contributed by atoms with van der Waals surface area (Å²) in [6, 6.07) is -0.333. The number of amides is 1. The molecule has 18 heavy (non-hydrogen) atoms. The fraction of sp³-hybridized carbons (Fsp3) is 0.929. The van der Waals surface area contributed by atoms with Crippen LogP contribution in [0, 0.1) is 11.8 Å². The van der Waals surface area contributed by atoms with Gasteiger partial charge in [-0.25, -0.2) is 0 Å². The van der Waals surface area contributed by atoms with Crippen molar-refractivity contribution in [3.05, 3.63) is 0 Å². The third-order valence-corrected chi connectivity index (χ3v) is 4.44. The Morgan fingerprint density at radius 2 is 1.89 bits per heavy atom. The van der Waals surface area contributed by atoms with Crippen molar-refractivity contribution < 1.29 is 9.53 Å². The molecule has 2 aliphatic rings. The molecule has 1 aliphatic heterocycles. The Balaban J connectivity index is 1.80. The van der Waals surface area contributed by atoms with Crippen LogP contribution in [0.5, 0.6) is 0 Å². The lowest BCUT2D eigenvalue weighted by atomic mass is 9.91. The number of hydrogen-bond donors (Lipinski definition) is 1. The summed E-state index contributed by atoms with van der Waals surface area (Å²) in [7, 11) is 1.90. The molecule has 1 amide bonds. The second-order valence-electron chi connectivity index (χ2n) is 5.84. The number of hydrogen-bond acceptors (Lipinski definition) is 3. The standard InChI is InChI=1S/C14H26N2O2/c1-16(10-11-4-2-3-5-11)14(17)13(15)12-6-8-18-9-7-12/h11-13H,2-10,15H2,1H3. The summed E-state index contributed by atoms with van der Waals surface area (Å²) in [5, 5.41) is 0. The van der Waals surface area contributed by atoms with E-state index in [2.05, 4.69) is 0 Å². The van der Waals surface area contributed by atoms with Crippen LogP contribution in [-0.2, 0) is 9.53 Å². The maximum atomic E-state index is 12.3. The van der Waals surface area contributed by atoms with Crippen molar-refractivity contribution in [2.75, 3.05) is 26.8 Å². The number of likely N-dealkylation sites (N-methyl/N-ethyl adjacent to an activating group) is 1. The third-order valence-electron chi connectivity index (χ3n) is 4.44. The first-order valence-corrected chi connectivity index (χ1v) is 7.27. The molecule has 0 aromatic rings. The molecule has 0 radical (unpaired) electrons. The number of nitrogens with two attached hydrogens (primary N) is 1. The molecular formula is C14H26N2O2. The molecule has 104 valence electrons. The van der Waals surface area contributed by atoms with Gasteiger partial charge in [-0.2, -0.15) is 0 Å². The Bertz CT molecular complexity index is 271. The van der Waals surface area contributed by atoms with E-state index >= 15 is 0 Å². The molecule has 2 rings (SSSR count). The first-order valence-electron chi connectivity index (χ1n) is 7.27. The van der Waals surface area contributed by atoms with Gasteiger partial charge in [0, 0.05) is 26.8 Å². The van der Waals surface area contributed by atoms with Crippen molar-refractivity contribution in [3.63, 3.8) is 0 Å². The largest absolute Gasteiger partial charge is 0.381 e. The van der Waals surface area contributed by atoms with E-state index in [1.807, 2.05) is 11.9 Å². The monoisotopic (exact) mass is 254 g/mol. The smallest absolute Gasteiger partial charge is 0.239 e. The highest BCUT2D eigenvalue weighted by Crippen LogP contribution is 2.26. The second-order valence-corrected chi connectivity index (χ2v) is 5.84. The zero-order chi connectivity index (χ0) is 13.0. The molecule has 4 nitrogen and oxygen atoms in total. The molecule has 1 saturated heterocycles. The van der Waals surface area contributed by atoms with Crippen molar-refractivity contribution in [1.82, 2.24) is 4.90 Å². The normalized spacial score (nSPS) is 24.1. The van der Waals surface area contributed by atoms with Crippen LogP contribution in [0.15, 0.2) is 0 Å². The molecule has 0 aromatic carbocycles. The molecule has 0 bridgehead atoms. The number of rotatable bonds is 4. The molecule has 4 heteroatoms. The quantitative estimate of drug-likeness (QED) is 0.825. The first-order chi connectivity index (χ1) is 8.68. The van der Waals surface area contributed by atoms with Crippen molar-refractivity contribution in [1.29, 1.82) is 0 Å². The van der Waals surface area contributed by atoms with Crippen LogP contribution >= 0.6 is 0 Å². The molecule has 1 atom stereocenters. The van der Waals surface area contributed by atoms with E-state index in [1.54, 1.807) is 0 Å². The number of carbonyl (C=O) groups excluding carboxylic acids is 1. The van der Waals surface area contributed by atoms with Gasteiger partial charge in [0.15, 0.2) is 0 Å². The van der Waals surface area contributed by atoms with Gasteiger partial charge in [-0.15, -0.1) is 0 Å². The highest BCUT2D eigenvalue weighted by molar-refractivity contribution is 5.81. The highest BCUT2D eigenvalue weighted by Gasteiger charge is 2.29. The van der Waals surface area contributed by atoms with E-state index in [1.165, 1.54) is 25.7 Å². The molecule has 1 heterocycles. The van der Waals surface area contributed by atoms with E-state index in [9.17, 15) is 4.79 Å². The zero-order valence-electron chi connectivity index (χ0n) is 11.4. The van der Waals surface area contributed by atoms with Gasteiger partial charge in [0.2, 0.25) is 5.91 Å². The van der Waals surface area contributed by atoms with Crippen molar-refractivity contribution in [3.8, 4) is 0 Å². The number of carbonyl (C=O) groups is 1. The third kappa shape index (κ3) is 3.45. The SMILES string of the molecule is CN(CC1CCCC1)C(=O)C(N)C1CCOCC1. The van der Waals surface area contributed by atoms with Crippen LogP contribution in [0.2, 0.25) is 0 Å². The van der Waals surface area contributed by atoms with Crippen LogP contribution in [0.3, 0.4) is 0 Å². The van der Waals surface area contributed by atoms with E-state index in [0.29, 0.717) is 11.8 Å². The molecule has 2 N–H and O–H groups in total. The Labute approximate surface area is 110 Å². The minimum atomic E-state index is -0.333. The topological polar surface area (TPSA) is 55.6 Å². The Kier molecular flexibility index (Phi) is 5.01. The van der Waals surface area contributed by atoms with Crippen LogP contribution in [0.1, 0.15) is 38.5 Å². The van der Waals surface area contributed by atoms with Crippen LogP contribution in [0.4, 0.5) is 0 Å². The van der Waals surface area contributed by atoms with Crippen molar-refractivity contribution in [2.45, 2.75) is 44.6 Å². The molecule has 1 unspecified atom stereocenters. The molecule has 2 fully saturated rings. The summed E-state index contributed by atoms with van der Waals surface area (Å²) >= 11 is 0. The summed E-state index contributed by atoms with van der Waals surface area (Å²) in [6.45, 7) is 2.38. The zero-order valence-corrected chi connectivity index (χ0v) is 11.4. The van der Waals surface area contributed by atoms with E-state index in [0.717, 1.165) is 32.6 Å². The predicted octanol–water partition coefficient (Wildman–Crippen LogP) is 1.39. The summed E-state index contributed by atoms with van der Waals surface area (Å²) in [6.07, 6.45) is 7.01. The van der Waals surface area contributed by atoms with Crippen molar-refractivity contribution >= 4 is 5.91 Å². The van der Waals surface area contributed by atoms with Gasteiger partial charge in [0.25, 0.3) is 0 Å². The van der Waals surface area contributed by atoms with Crippen LogP contribution in [-0.4, -0.2) is 43.7 Å². The highest BCUT2D eigenvalue weighted by atomic mass is 16.5. The van der Waals surface area contributed by atoms with Gasteiger partial charge in [0.05, 0.1) is 6.04 Å². The first kappa shape index (κ1) is 13.8. The second kappa shape index (κ2) is 6.53. The maximum Gasteiger partial charge on any atom is 0.239 e. The van der Waals surface area contributed by atoms with Crippen LogP contribution in [0.25, 0.3) is 0 Å².